The molecule has 9 aliphatic rings. The van der Waals surface area contributed by atoms with Crippen molar-refractivity contribution in [3.8, 4) is 0 Å². The Morgan fingerprint density at radius 2 is 0.886 bits per heavy atom. The predicted octanol–water partition coefficient (Wildman–Crippen LogP) is 19.0. The Balaban J connectivity index is 1.16. The summed E-state index contributed by atoms with van der Waals surface area (Å²) >= 11 is 2.20. The third-order valence-corrected chi connectivity index (χ3v) is 25.8. The largest absolute Gasteiger partial charge is 0.335 e. The molecule has 0 amide bonds. The summed E-state index contributed by atoms with van der Waals surface area (Å²) in [6.45, 7) is 46.0. The molecule has 2 atom stereocenters. The Labute approximate surface area is 482 Å². The van der Waals surface area contributed by atoms with Gasteiger partial charge in [0.2, 0.25) is 0 Å². The van der Waals surface area contributed by atoms with Crippen LogP contribution in [-0.4, -0.2) is 12.3 Å². The molecule has 0 radical (unpaired) electrons. The molecule has 0 spiro atoms. The summed E-state index contributed by atoms with van der Waals surface area (Å²) < 4.78 is 1.56. The molecule has 3 aliphatic heterocycles. The highest BCUT2D eigenvalue weighted by Crippen LogP contribution is 2.65. The Kier molecular flexibility index (Phi) is 10.8. The minimum Gasteiger partial charge on any atom is -0.335 e. The van der Waals surface area contributed by atoms with E-state index in [4.69, 9.17) is 0 Å². The lowest BCUT2D eigenvalue weighted by molar-refractivity contribution is 0.159. The fourth-order valence-electron chi connectivity index (χ4n) is 18.3. The van der Waals surface area contributed by atoms with Crippen LogP contribution in [-0.2, 0) is 43.3 Å². The van der Waals surface area contributed by atoms with Crippen LogP contribution in [0.15, 0.2) is 84.1 Å². The Hall–Kier alpha value is -4.48. The Bertz CT molecular complexity index is 3550. The maximum absolute atomic E-state index is 2.94. The van der Waals surface area contributed by atoms with Crippen LogP contribution in [0.1, 0.15) is 258 Å². The second kappa shape index (κ2) is 16.2. The van der Waals surface area contributed by atoms with Gasteiger partial charge in [-0.1, -0.05) is 161 Å². The van der Waals surface area contributed by atoms with Crippen molar-refractivity contribution in [1.82, 2.24) is 0 Å². The summed E-state index contributed by atoms with van der Waals surface area (Å²) in [6.07, 6.45) is 22.1. The number of hydrogen-bond donors (Lipinski definition) is 0. The number of anilines is 7. The highest BCUT2D eigenvalue weighted by molar-refractivity contribution is 7.29. The zero-order valence-electron chi connectivity index (χ0n) is 52.2. The Morgan fingerprint density at radius 3 is 1.47 bits per heavy atom. The summed E-state index contributed by atoms with van der Waals surface area (Å²) in [5, 5.41) is 0. The van der Waals surface area contributed by atoms with E-state index in [0.29, 0.717) is 0 Å². The molecule has 414 valence electrons. The van der Waals surface area contributed by atoms with E-state index < -0.39 is 0 Å². The van der Waals surface area contributed by atoms with Crippen molar-refractivity contribution >= 4 is 73.6 Å². The van der Waals surface area contributed by atoms with Crippen LogP contribution in [0.4, 0.5) is 39.8 Å². The average Bonchev–Trinajstić information content (AvgIpc) is 2.52. The predicted molar refractivity (Wildman–Crippen MR) is 342 cm³/mol. The monoisotopic (exact) mass is 1070 g/mol. The van der Waals surface area contributed by atoms with Crippen molar-refractivity contribution in [2.45, 2.75) is 263 Å². The van der Waals surface area contributed by atoms with Crippen LogP contribution < -0.4 is 30.4 Å². The van der Waals surface area contributed by atoms with Crippen molar-refractivity contribution in [3.63, 3.8) is 0 Å². The standard InChI is InChI=1S/C74H94BN3S/c1-65(2)31-33-67(5,6)51-39-45(25-27-48(51)65)76-57-44-54-53(69(9,10)35-36-70(54,11)12)43-55(57)75-61-58(76)41-47(78-56-24-20-19-23-50(56)73(17)29-21-22-30-74(73,78)18)42-59(61)77(46-26-28-49-52(40-46)68(7,8)34-32-66(49,3)4)62-60-63(79-64(62)75)72(15,16)38-37-71(60,13)14/h23-28,39-44H,19-22,29-38H2,1-18H3. The minimum absolute atomic E-state index is 0.00530. The normalized spacial score (nSPS) is 27.9. The number of thiophene rings is 1. The minimum atomic E-state index is -0.0687. The number of benzene rings is 4. The molecule has 0 N–H and O–H groups in total. The van der Waals surface area contributed by atoms with Gasteiger partial charge in [-0.15, -0.1) is 0 Å². The van der Waals surface area contributed by atoms with E-state index in [9.17, 15) is 0 Å². The van der Waals surface area contributed by atoms with E-state index in [1.807, 2.05) is 0 Å². The molecular weight excluding hydrogens is 974 g/mol. The van der Waals surface area contributed by atoms with E-state index >= 15 is 0 Å². The molecule has 3 nitrogen and oxygen atoms in total. The zero-order chi connectivity index (χ0) is 55.9. The molecule has 1 aromatic heterocycles. The van der Waals surface area contributed by atoms with Crippen molar-refractivity contribution < 1.29 is 0 Å². The van der Waals surface area contributed by atoms with Gasteiger partial charge in [0, 0.05) is 54.9 Å². The first kappa shape index (κ1) is 52.6. The summed E-state index contributed by atoms with van der Waals surface area (Å²) in [5.41, 5.74) is 27.1. The van der Waals surface area contributed by atoms with Crippen LogP contribution in [0.25, 0.3) is 0 Å². The van der Waals surface area contributed by atoms with E-state index in [-0.39, 0.29) is 61.0 Å². The van der Waals surface area contributed by atoms with E-state index in [2.05, 4.69) is 223 Å². The first-order chi connectivity index (χ1) is 36.8. The van der Waals surface area contributed by atoms with Gasteiger partial charge in [0.25, 0.3) is 6.71 Å². The zero-order valence-corrected chi connectivity index (χ0v) is 53.0. The first-order valence-electron chi connectivity index (χ1n) is 31.5. The number of rotatable bonds is 3. The average molecular weight is 1070 g/mol. The SMILES string of the molecule is CC1(C)CCC(C)(C)c2cc(N3c4cc5c(cc4B4c6sc7c(c6N(c6ccc8c(c6)C(C)(C)CCC8(C)C)c6cc(N8C9=CCCC=C9C9(C)CCCCC89C)cc3c64)C(C)(C)CCC7(C)C)C(C)(C)CCC5(C)C)ccc21. The number of nitrogens with zero attached hydrogens (tertiary/aromatic N) is 3. The van der Waals surface area contributed by atoms with Gasteiger partial charge in [-0.3, -0.25) is 0 Å². The van der Waals surface area contributed by atoms with Gasteiger partial charge in [-0.2, -0.15) is 11.3 Å². The van der Waals surface area contributed by atoms with Gasteiger partial charge in [0.1, 0.15) is 0 Å². The molecule has 4 aromatic carbocycles. The third kappa shape index (κ3) is 7.08. The van der Waals surface area contributed by atoms with Gasteiger partial charge in [-0.25, -0.2) is 0 Å². The molecule has 0 bridgehead atoms. The molecular formula is C74H94BN3S. The van der Waals surface area contributed by atoms with Crippen molar-refractivity contribution in [3.05, 3.63) is 128 Å². The first-order valence-corrected chi connectivity index (χ1v) is 32.3. The maximum atomic E-state index is 2.94. The number of allylic oxidation sites excluding steroid dienone is 3. The number of fused-ring (bicyclic) bond motifs is 12. The number of hydrogen-bond acceptors (Lipinski definition) is 4. The second-order valence-corrected chi connectivity index (χ2v) is 34.0. The van der Waals surface area contributed by atoms with Gasteiger partial charge in [0.15, 0.2) is 0 Å². The van der Waals surface area contributed by atoms with Gasteiger partial charge < -0.3 is 14.7 Å². The second-order valence-electron chi connectivity index (χ2n) is 32.9. The molecule has 5 heteroatoms. The molecule has 4 heterocycles. The quantitative estimate of drug-likeness (QED) is 0.163. The summed E-state index contributed by atoms with van der Waals surface area (Å²) in [5.74, 6) is 0. The summed E-state index contributed by atoms with van der Waals surface area (Å²) in [4.78, 5) is 10.3. The highest BCUT2D eigenvalue weighted by atomic mass is 32.1. The van der Waals surface area contributed by atoms with Gasteiger partial charge in [-0.05, 0) is 225 Å². The van der Waals surface area contributed by atoms with Crippen LogP contribution in [0.3, 0.4) is 0 Å². The Morgan fingerprint density at radius 1 is 0.418 bits per heavy atom. The maximum Gasteiger partial charge on any atom is 0.264 e. The fraction of sp³-hybridized carbons (Fsp3) is 0.568. The topological polar surface area (TPSA) is 9.72 Å². The van der Waals surface area contributed by atoms with Crippen molar-refractivity contribution in [2.75, 3.05) is 14.7 Å². The van der Waals surface area contributed by atoms with Crippen molar-refractivity contribution in [1.29, 1.82) is 0 Å². The third-order valence-electron chi connectivity index (χ3n) is 24.2. The molecule has 2 unspecified atom stereocenters. The summed E-state index contributed by atoms with van der Waals surface area (Å²) in [6, 6.07) is 26.7. The molecule has 6 aliphatic carbocycles. The van der Waals surface area contributed by atoms with Crippen LogP contribution in [0.2, 0.25) is 0 Å². The molecule has 79 heavy (non-hydrogen) atoms. The van der Waals surface area contributed by atoms with Crippen LogP contribution >= 0.6 is 11.3 Å². The molecule has 14 rings (SSSR count). The molecule has 2 fully saturated rings. The van der Waals surface area contributed by atoms with Crippen LogP contribution in [0, 0.1) is 5.41 Å². The molecule has 5 aromatic rings. The van der Waals surface area contributed by atoms with E-state index in [1.54, 1.807) is 31.9 Å². The molecule has 1 saturated carbocycles. The lowest BCUT2D eigenvalue weighted by atomic mass is 9.35. The van der Waals surface area contributed by atoms with E-state index in [0.717, 1.165) is 12.8 Å². The van der Waals surface area contributed by atoms with Gasteiger partial charge >= 0.3 is 0 Å². The van der Waals surface area contributed by atoms with E-state index in [1.165, 1.54) is 156 Å². The smallest absolute Gasteiger partial charge is 0.264 e. The highest BCUT2D eigenvalue weighted by Gasteiger charge is 2.61. The lowest BCUT2D eigenvalue weighted by Gasteiger charge is -2.51. The fourth-order valence-corrected chi connectivity index (χ4v) is 20.0. The lowest BCUT2D eigenvalue weighted by Crippen LogP contribution is -2.61. The van der Waals surface area contributed by atoms with Crippen LogP contribution in [0.5, 0.6) is 0 Å². The summed E-state index contributed by atoms with van der Waals surface area (Å²) in [7, 11) is 0. The molecule has 1 saturated heterocycles. The van der Waals surface area contributed by atoms with Gasteiger partial charge in [0.05, 0.1) is 11.2 Å². The van der Waals surface area contributed by atoms with Crippen molar-refractivity contribution in [2.24, 2.45) is 5.41 Å².